The number of benzene rings is 2. The maximum atomic E-state index is 12.3. The zero-order valence-electron chi connectivity index (χ0n) is 10.7. The van der Waals surface area contributed by atoms with Crippen LogP contribution in [0.15, 0.2) is 36.4 Å². The maximum absolute atomic E-state index is 12.3. The van der Waals surface area contributed by atoms with Gasteiger partial charge < -0.3 is 4.74 Å². The standard InChI is InChI=1S/C15H15IO2/c1-15(2,3)18-14(17)13-11-7-5-4-6-10(11)8-9-12(13)16/h4-9H,1-3H3. The minimum atomic E-state index is -0.475. The lowest BCUT2D eigenvalue weighted by molar-refractivity contribution is 0.00707. The summed E-state index contributed by atoms with van der Waals surface area (Å²) in [6.45, 7) is 5.63. The highest BCUT2D eigenvalue weighted by atomic mass is 127. The summed E-state index contributed by atoms with van der Waals surface area (Å²) in [6.07, 6.45) is 0. The van der Waals surface area contributed by atoms with Crippen molar-refractivity contribution in [2.75, 3.05) is 0 Å². The fourth-order valence-electron chi connectivity index (χ4n) is 1.78. The van der Waals surface area contributed by atoms with Crippen LogP contribution in [0.25, 0.3) is 10.8 Å². The summed E-state index contributed by atoms with van der Waals surface area (Å²) >= 11 is 2.17. The van der Waals surface area contributed by atoms with Crippen molar-refractivity contribution in [3.05, 3.63) is 45.5 Å². The smallest absolute Gasteiger partial charge is 0.340 e. The van der Waals surface area contributed by atoms with Crippen LogP contribution in [0.3, 0.4) is 0 Å². The minimum absolute atomic E-state index is 0.260. The fraction of sp³-hybridized carbons (Fsp3) is 0.267. The Labute approximate surface area is 120 Å². The summed E-state index contributed by atoms with van der Waals surface area (Å²) in [5, 5.41) is 2.00. The van der Waals surface area contributed by atoms with E-state index < -0.39 is 5.60 Å². The van der Waals surface area contributed by atoms with Gasteiger partial charge >= 0.3 is 5.97 Å². The Kier molecular flexibility index (Phi) is 3.61. The van der Waals surface area contributed by atoms with E-state index in [4.69, 9.17) is 4.74 Å². The Balaban J connectivity index is 2.56. The van der Waals surface area contributed by atoms with Gasteiger partial charge in [0.2, 0.25) is 0 Å². The number of carbonyl (C=O) groups is 1. The van der Waals surface area contributed by atoms with E-state index in [1.54, 1.807) is 0 Å². The number of esters is 1. The average molecular weight is 354 g/mol. The number of ether oxygens (including phenoxy) is 1. The van der Waals surface area contributed by atoms with Crippen molar-refractivity contribution in [2.45, 2.75) is 26.4 Å². The van der Waals surface area contributed by atoms with Crippen LogP contribution in [0.1, 0.15) is 31.1 Å². The first-order valence-corrected chi connectivity index (χ1v) is 6.87. The number of fused-ring (bicyclic) bond motifs is 1. The second-order valence-electron chi connectivity index (χ2n) is 5.15. The molecular weight excluding hydrogens is 339 g/mol. The van der Waals surface area contributed by atoms with E-state index in [0.717, 1.165) is 14.3 Å². The minimum Gasteiger partial charge on any atom is -0.456 e. The predicted octanol–water partition coefficient (Wildman–Crippen LogP) is 4.40. The molecule has 0 saturated heterocycles. The summed E-state index contributed by atoms with van der Waals surface area (Å²) in [5.41, 5.74) is 0.181. The lowest BCUT2D eigenvalue weighted by Gasteiger charge is -2.20. The van der Waals surface area contributed by atoms with E-state index in [-0.39, 0.29) is 5.97 Å². The molecule has 0 saturated carbocycles. The van der Waals surface area contributed by atoms with Crippen molar-refractivity contribution < 1.29 is 9.53 Å². The highest BCUT2D eigenvalue weighted by Crippen LogP contribution is 2.26. The van der Waals surface area contributed by atoms with Gasteiger partial charge in [-0.25, -0.2) is 4.79 Å². The predicted molar refractivity (Wildman–Crippen MR) is 81.8 cm³/mol. The normalized spacial score (nSPS) is 11.6. The number of hydrogen-bond donors (Lipinski definition) is 0. The van der Waals surface area contributed by atoms with Gasteiger partial charge in [-0.2, -0.15) is 0 Å². The molecule has 0 aliphatic heterocycles. The molecule has 2 rings (SSSR count). The summed E-state index contributed by atoms with van der Waals surface area (Å²) in [6, 6.07) is 11.8. The number of halogens is 1. The Bertz CT molecular complexity index is 597. The molecule has 0 radical (unpaired) electrons. The lowest BCUT2D eigenvalue weighted by Crippen LogP contribution is -2.24. The molecule has 0 spiro atoms. The number of hydrogen-bond acceptors (Lipinski definition) is 2. The molecule has 18 heavy (non-hydrogen) atoms. The Morgan fingerprint density at radius 3 is 2.44 bits per heavy atom. The maximum Gasteiger partial charge on any atom is 0.340 e. The van der Waals surface area contributed by atoms with Crippen LogP contribution in [0.2, 0.25) is 0 Å². The van der Waals surface area contributed by atoms with Crippen molar-refractivity contribution in [1.29, 1.82) is 0 Å². The largest absolute Gasteiger partial charge is 0.456 e. The third-order valence-corrected chi connectivity index (χ3v) is 3.38. The van der Waals surface area contributed by atoms with Crippen LogP contribution >= 0.6 is 22.6 Å². The van der Waals surface area contributed by atoms with Crippen molar-refractivity contribution in [1.82, 2.24) is 0 Å². The Morgan fingerprint density at radius 1 is 1.11 bits per heavy atom. The lowest BCUT2D eigenvalue weighted by atomic mass is 10.0. The Morgan fingerprint density at radius 2 is 1.78 bits per heavy atom. The molecule has 0 fully saturated rings. The van der Waals surface area contributed by atoms with Gasteiger partial charge in [0.25, 0.3) is 0 Å². The molecule has 3 heteroatoms. The van der Waals surface area contributed by atoms with E-state index in [2.05, 4.69) is 22.6 Å². The molecule has 0 unspecified atom stereocenters. The topological polar surface area (TPSA) is 26.3 Å². The number of rotatable bonds is 1. The van der Waals surface area contributed by atoms with Crippen LogP contribution in [-0.2, 0) is 4.74 Å². The summed E-state index contributed by atoms with van der Waals surface area (Å²) < 4.78 is 6.39. The monoisotopic (exact) mass is 354 g/mol. The third kappa shape index (κ3) is 2.83. The van der Waals surface area contributed by atoms with Gasteiger partial charge in [0.15, 0.2) is 0 Å². The summed E-state index contributed by atoms with van der Waals surface area (Å²) in [5.74, 6) is -0.260. The van der Waals surface area contributed by atoms with E-state index in [1.807, 2.05) is 57.2 Å². The van der Waals surface area contributed by atoms with E-state index >= 15 is 0 Å². The van der Waals surface area contributed by atoms with Crippen molar-refractivity contribution in [2.24, 2.45) is 0 Å². The molecule has 0 N–H and O–H groups in total. The van der Waals surface area contributed by atoms with Gasteiger partial charge in [0.05, 0.1) is 5.56 Å². The zero-order chi connectivity index (χ0) is 13.3. The van der Waals surface area contributed by atoms with Crippen LogP contribution in [0.4, 0.5) is 0 Å². The molecule has 2 aromatic carbocycles. The molecule has 0 aromatic heterocycles. The van der Waals surface area contributed by atoms with E-state index in [0.29, 0.717) is 5.56 Å². The molecule has 0 heterocycles. The van der Waals surface area contributed by atoms with Crippen LogP contribution in [0, 0.1) is 3.57 Å². The highest BCUT2D eigenvalue weighted by Gasteiger charge is 2.21. The molecule has 0 amide bonds. The SMILES string of the molecule is CC(C)(C)OC(=O)c1c(I)ccc2ccccc12. The molecule has 94 valence electrons. The quantitative estimate of drug-likeness (QED) is 0.561. The summed E-state index contributed by atoms with van der Waals surface area (Å²) in [7, 11) is 0. The molecule has 0 aliphatic carbocycles. The van der Waals surface area contributed by atoms with Crippen LogP contribution in [0.5, 0.6) is 0 Å². The zero-order valence-corrected chi connectivity index (χ0v) is 12.8. The van der Waals surface area contributed by atoms with Gasteiger partial charge in [0, 0.05) is 3.57 Å². The van der Waals surface area contributed by atoms with Crippen LogP contribution < -0.4 is 0 Å². The van der Waals surface area contributed by atoms with Crippen molar-refractivity contribution in [3.63, 3.8) is 0 Å². The molecule has 2 aromatic rings. The molecule has 0 aliphatic rings. The second kappa shape index (κ2) is 4.88. The van der Waals surface area contributed by atoms with Crippen molar-refractivity contribution >= 4 is 39.3 Å². The van der Waals surface area contributed by atoms with Gasteiger partial charge in [-0.1, -0.05) is 30.3 Å². The van der Waals surface area contributed by atoms with Gasteiger partial charge in [-0.3, -0.25) is 0 Å². The highest BCUT2D eigenvalue weighted by molar-refractivity contribution is 14.1. The third-order valence-electron chi connectivity index (χ3n) is 2.48. The molecule has 2 nitrogen and oxygen atoms in total. The first-order chi connectivity index (χ1) is 8.38. The molecule has 0 atom stereocenters. The first-order valence-electron chi connectivity index (χ1n) is 5.79. The first kappa shape index (κ1) is 13.3. The van der Waals surface area contributed by atoms with E-state index in [9.17, 15) is 4.79 Å². The average Bonchev–Trinajstić information content (AvgIpc) is 2.26. The van der Waals surface area contributed by atoms with E-state index in [1.165, 1.54) is 0 Å². The second-order valence-corrected chi connectivity index (χ2v) is 6.31. The van der Waals surface area contributed by atoms with Gasteiger partial charge in [-0.05, 0) is 60.2 Å². The Hall–Kier alpha value is -1.10. The summed E-state index contributed by atoms with van der Waals surface area (Å²) in [4.78, 5) is 12.3. The van der Waals surface area contributed by atoms with Crippen molar-refractivity contribution in [3.8, 4) is 0 Å². The number of carbonyl (C=O) groups excluding carboxylic acids is 1. The van der Waals surface area contributed by atoms with Crippen LogP contribution in [-0.4, -0.2) is 11.6 Å². The van der Waals surface area contributed by atoms with Gasteiger partial charge in [-0.15, -0.1) is 0 Å². The molecular formula is C15H15IO2. The fourth-order valence-corrected chi connectivity index (χ4v) is 2.47. The molecule has 0 bridgehead atoms. The van der Waals surface area contributed by atoms with Gasteiger partial charge in [0.1, 0.15) is 5.60 Å².